The lowest BCUT2D eigenvalue weighted by molar-refractivity contribution is -0.137. The van der Waals surface area contributed by atoms with Gasteiger partial charge in [-0.1, -0.05) is 28.1 Å². The molecular formula is C22H18BrF3N2O3. The molecule has 1 N–H and O–H groups in total. The number of para-hydroxylation sites is 1. The number of nitrogens with zero attached hydrogens (tertiary/aromatic N) is 1. The van der Waals surface area contributed by atoms with E-state index in [9.17, 15) is 22.8 Å². The number of hydrogen-bond acceptors (Lipinski definition) is 3. The number of ether oxygens (including phenoxy) is 1. The number of carbonyl (C=O) groups excluding carboxylic acids is 2. The number of aromatic nitrogens is 1. The summed E-state index contributed by atoms with van der Waals surface area (Å²) in [7, 11) is 1.22. The first kappa shape index (κ1) is 22.6. The van der Waals surface area contributed by atoms with Crippen LogP contribution in [0.15, 0.2) is 53.0 Å². The average molecular weight is 495 g/mol. The van der Waals surface area contributed by atoms with Crippen LogP contribution in [-0.2, 0) is 10.9 Å². The SMILES string of the molecule is COC(=O)c1cc(Br)ccc1NC(=O)c1cc(C)n(-c2ccccc2C(F)(F)F)c1C. The number of hydrogen-bond donors (Lipinski definition) is 1. The number of methoxy groups -OCH3 is 1. The molecule has 0 spiro atoms. The monoisotopic (exact) mass is 494 g/mol. The van der Waals surface area contributed by atoms with E-state index in [0.29, 0.717) is 15.9 Å². The highest BCUT2D eigenvalue weighted by molar-refractivity contribution is 9.10. The van der Waals surface area contributed by atoms with Crippen LogP contribution in [0.2, 0.25) is 0 Å². The van der Waals surface area contributed by atoms with Crippen LogP contribution >= 0.6 is 15.9 Å². The predicted octanol–water partition coefficient (Wildman–Crippen LogP) is 5.91. The Bertz CT molecular complexity index is 1170. The number of amides is 1. The summed E-state index contributed by atoms with van der Waals surface area (Å²) < 4.78 is 47.2. The number of carbonyl (C=O) groups is 2. The molecule has 0 atom stereocenters. The molecule has 0 saturated heterocycles. The standard InChI is InChI=1S/C22H18BrF3N2O3/c1-12-10-15(13(2)28(12)19-7-5-4-6-17(19)22(24,25)26)20(29)27-18-9-8-14(23)11-16(18)21(30)31-3/h4-11H,1-3H3,(H,27,29). The highest BCUT2D eigenvalue weighted by atomic mass is 79.9. The van der Waals surface area contributed by atoms with Crippen molar-refractivity contribution in [2.75, 3.05) is 12.4 Å². The van der Waals surface area contributed by atoms with E-state index in [4.69, 9.17) is 4.74 Å². The molecule has 9 heteroatoms. The van der Waals surface area contributed by atoms with Crippen molar-refractivity contribution in [2.45, 2.75) is 20.0 Å². The molecule has 2 aromatic carbocycles. The lowest BCUT2D eigenvalue weighted by Gasteiger charge is -2.17. The number of halogens is 4. The fraction of sp³-hybridized carbons (Fsp3) is 0.182. The zero-order chi connectivity index (χ0) is 22.9. The van der Waals surface area contributed by atoms with Crippen molar-refractivity contribution in [1.29, 1.82) is 0 Å². The molecule has 1 heterocycles. The van der Waals surface area contributed by atoms with Crippen molar-refractivity contribution in [2.24, 2.45) is 0 Å². The topological polar surface area (TPSA) is 60.3 Å². The molecule has 31 heavy (non-hydrogen) atoms. The summed E-state index contributed by atoms with van der Waals surface area (Å²) in [6.45, 7) is 3.19. The van der Waals surface area contributed by atoms with E-state index in [1.165, 1.54) is 48.1 Å². The van der Waals surface area contributed by atoms with Gasteiger partial charge < -0.3 is 14.6 Å². The van der Waals surface area contributed by atoms with Crippen molar-refractivity contribution in [1.82, 2.24) is 4.57 Å². The first-order chi connectivity index (χ1) is 14.5. The van der Waals surface area contributed by atoms with Crippen molar-refractivity contribution in [3.8, 4) is 5.69 Å². The maximum absolute atomic E-state index is 13.5. The molecule has 1 aromatic heterocycles. The quantitative estimate of drug-likeness (QED) is 0.458. The minimum atomic E-state index is -4.55. The van der Waals surface area contributed by atoms with Gasteiger partial charge in [0.1, 0.15) is 0 Å². The third-order valence-electron chi connectivity index (χ3n) is 4.76. The summed E-state index contributed by atoms with van der Waals surface area (Å²) in [6.07, 6.45) is -4.55. The Hall–Kier alpha value is -3.07. The van der Waals surface area contributed by atoms with Gasteiger partial charge in [0, 0.05) is 15.9 Å². The second-order valence-corrected chi connectivity index (χ2v) is 7.69. The summed E-state index contributed by atoms with van der Waals surface area (Å²) in [4.78, 5) is 25.0. The van der Waals surface area contributed by atoms with E-state index >= 15 is 0 Å². The van der Waals surface area contributed by atoms with E-state index < -0.39 is 23.6 Å². The van der Waals surface area contributed by atoms with Crippen LogP contribution in [0, 0.1) is 13.8 Å². The zero-order valence-electron chi connectivity index (χ0n) is 16.8. The van der Waals surface area contributed by atoms with Crippen molar-refractivity contribution in [3.05, 3.63) is 81.1 Å². The van der Waals surface area contributed by atoms with Crippen LogP contribution in [0.25, 0.3) is 5.69 Å². The molecule has 0 unspecified atom stereocenters. The van der Waals surface area contributed by atoms with Gasteiger partial charge in [-0.2, -0.15) is 13.2 Å². The number of esters is 1. The van der Waals surface area contributed by atoms with Crippen LogP contribution in [0.5, 0.6) is 0 Å². The van der Waals surface area contributed by atoms with Gasteiger partial charge in [0.2, 0.25) is 0 Å². The lowest BCUT2D eigenvalue weighted by atomic mass is 10.1. The van der Waals surface area contributed by atoms with E-state index in [1.807, 2.05) is 0 Å². The highest BCUT2D eigenvalue weighted by Crippen LogP contribution is 2.35. The van der Waals surface area contributed by atoms with Crippen LogP contribution in [-0.4, -0.2) is 23.6 Å². The van der Waals surface area contributed by atoms with Gasteiger partial charge in [0.15, 0.2) is 0 Å². The molecule has 3 rings (SSSR count). The fourth-order valence-corrected chi connectivity index (χ4v) is 3.73. The Balaban J connectivity index is 2.03. The Morgan fingerprint density at radius 2 is 1.71 bits per heavy atom. The second kappa shape index (κ2) is 8.58. The van der Waals surface area contributed by atoms with Crippen LogP contribution in [0.4, 0.5) is 18.9 Å². The van der Waals surface area contributed by atoms with Crippen LogP contribution in [0.1, 0.15) is 37.7 Å². The first-order valence-electron chi connectivity index (χ1n) is 9.09. The highest BCUT2D eigenvalue weighted by Gasteiger charge is 2.34. The van der Waals surface area contributed by atoms with Gasteiger partial charge in [-0.15, -0.1) is 0 Å². The van der Waals surface area contributed by atoms with Gasteiger partial charge in [0.25, 0.3) is 5.91 Å². The summed E-state index contributed by atoms with van der Waals surface area (Å²) >= 11 is 3.26. The number of benzene rings is 2. The molecule has 5 nitrogen and oxygen atoms in total. The van der Waals surface area contributed by atoms with Crippen molar-refractivity contribution >= 4 is 33.5 Å². The molecule has 0 radical (unpaired) electrons. The maximum atomic E-state index is 13.5. The van der Waals surface area contributed by atoms with Gasteiger partial charge in [-0.25, -0.2) is 4.79 Å². The van der Waals surface area contributed by atoms with Crippen LogP contribution < -0.4 is 5.32 Å². The number of rotatable bonds is 4. The maximum Gasteiger partial charge on any atom is 0.418 e. The summed E-state index contributed by atoms with van der Waals surface area (Å²) in [6, 6.07) is 11.4. The zero-order valence-corrected chi connectivity index (χ0v) is 18.4. The van der Waals surface area contributed by atoms with Gasteiger partial charge in [-0.05, 0) is 50.2 Å². The number of anilines is 1. The molecule has 1 amide bonds. The Morgan fingerprint density at radius 3 is 2.35 bits per heavy atom. The number of nitrogens with one attached hydrogen (secondary N) is 1. The summed E-state index contributed by atoms with van der Waals surface area (Å²) in [5, 5.41) is 2.65. The normalized spacial score (nSPS) is 11.3. The number of aryl methyl sites for hydroxylation is 1. The third-order valence-corrected chi connectivity index (χ3v) is 5.25. The second-order valence-electron chi connectivity index (χ2n) is 6.77. The van der Waals surface area contributed by atoms with E-state index in [2.05, 4.69) is 21.2 Å². The molecule has 0 saturated carbocycles. The van der Waals surface area contributed by atoms with Gasteiger partial charge in [0.05, 0.1) is 35.2 Å². The first-order valence-corrected chi connectivity index (χ1v) is 9.88. The molecule has 0 bridgehead atoms. The summed E-state index contributed by atoms with van der Waals surface area (Å²) in [5.74, 6) is -1.20. The molecule has 0 aliphatic carbocycles. The third kappa shape index (κ3) is 4.51. The molecule has 0 aliphatic rings. The fourth-order valence-electron chi connectivity index (χ4n) is 3.37. The largest absolute Gasteiger partial charge is 0.465 e. The summed E-state index contributed by atoms with van der Waals surface area (Å²) in [5.41, 5.74) is 0.481. The molecule has 3 aromatic rings. The van der Waals surface area contributed by atoms with E-state index in [1.54, 1.807) is 19.9 Å². The average Bonchev–Trinajstić information content (AvgIpc) is 3.02. The van der Waals surface area contributed by atoms with Crippen molar-refractivity contribution in [3.63, 3.8) is 0 Å². The smallest absolute Gasteiger partial charge is 0.418 e. The number of alkyl halides is 3. The van der Waals surface area contributed by atoms with Crippen molar-refractivity contribution < 1.29 is 27.5 Å². The van der Waals surface area contributed by atoms with E-state index in [0.717, 1.165) is 6.07 Å². The Labute approximate surface area is 185 Å². The predicted molar refractivity (Wildman–Crippen MR) is 114 cm³/mol. The molecule has 162 valence electrons. The lowest BCUT2D eigenvalue weighted by Crippen LogP contribution is -2.17. The Morgan fingerprint density at radius 1 is 1.03 bits per heavy atom. The minimum Gasteiger partial charge on any atom is -0.465 e. The minimum absolute atomic E-state index is 0.0667. The molecule has 0 aliphatic heterocycles. The van der Waals surface area contributed by atoms with Gasteiger partial charge in [-0.3, -0.25) is 4.79 Å². The molecular weight excluding hydrogens is 477 g/mol. The van der Waals surface area contributed by atoms with Gasteiger partial charge >= 0.3 is 12.1 Å². The van der Waals surface area contributed by atoms with Crippen LogP contribution in [0.3, 0.4) is 0 Å². The Kier molecular flexibility index (Phi) is 6.26. The molecule has 0 fully saturated rings. The van der Waals surface area contributed by atoms with E-state index in [-0.39, 0.29) is 22.5 Å².